The summed E-state index contributed by atoms with van der Waals surface area (Å²) in [5.41, 5.74) is 1.38. The number of amides is 2. The van der Waals surface area contributed by atoms with Gasteiger partial charge in [0.25, 0.3) is 11.8 Å². The second kappa shape index (κ2) is 8.35. The quantitative estimate of drug-likeness (QED) is 0.643. The van der Waals surface area contributed by atoms with E-state index in [1.165, 1.54) is 0 Å². The molecule has 3 rings (SSSR count). The third-order valence-electron chi connectivity index (χ3n) is 4.46. The molecule has 0 aliphatic heterocycles. The fraction of sp³-hybridized carbons (Fsp3) is 0.238. The molecule has 2 amide bonds. The SMILES string of the molecule is CCN(CC)C(=O)c1ccc(NC(=O)c2cc3cccc(OC)c3o2)cc1Cl. The first-order chi connectivity index (χ1) is 13.5. The summed E-state index contributed by atoms with van der Waals surface area (Å²) in [4.78, 5) is 26.7. The number of halogens is 1. The minimum absolute atomic E-state index is 0.141. The molecule has 0 fully saturated rings. The number of anilines is 1. The summed E-state index contributed by atoms with van der Waals surface area (Å²) in [6.07, 6.45) is 0. The monoisotopic (exact) mass is 400 g/mol. The van der Waals surface area contributed by atoms with Gasteiger partial charge in [0.1, 0.15) is 0 Å². The number of hydrogen-bond acceptors (Lipinski definition) is 4. The molecule has 1 aromatic heterocycles. The van der Waals surface area contributed by atoms with Crippen LogP contribution in [-0.4, -0.2) is 36.9 Å². The highest BCUT2D eigenvalue weighted by Gasteiger charge is 2.18. The van der Waals surface area contributed by atoms with E-state index >= 15 is 0 Å². The average molecular weight is 401 g/mol. The summed E-state index contributed by atoms with van der Waals surface area (Å²) in [7, 11) is 1.54. The number of benzene rings is 2. The van der Waals surface area contributed by atoms with E-state index in [1.807, 2.05) is 26.0 Å². The van der Waals surface area contributed by atoms with Crippen molar-refractivity contribution in [3.63, 3.8) is 0 Å². The van der Waals surface area contributed by atoms with Crippen molar-refractivity contribution >= 4 is 40.1 Å². The van der Waals surface area contributed by atoms with E-state index in [1.54, 1.807) is 42.3 Å². The van der Waals surface area contributed by atoms with Crippen molar-refractivity contribution in [1.29, 1.82) is 0 Å². The van der Waals surface area contributed by atoms with Crippen molar-refractivity contribution in [2.45, 2.75) is 13.8 Å². The Morgan fingerprint density at radius 1 is 1.14 bits per heavy atom. The molecule has 0 saturated heterocycles. The van der Waals surface area contributed by atoms with E-state index in [0.717, 1.165) is 5.39 Å². The molecule has 0 atom stereocenters. The third kappa shape index (κ3) is 3.82. The number of ether oxygens (including phenoxy) is 1. The van der Waals surface area contributed by atoms with E-state index < -0.39 is 5.91 Å². The van der Waals surface area contributed by atoms with Crippen LogP contribution in [0.5, 0.6) is 5.75 Å². The van der Waals surface area contributed by atoms with E-state index in [4.69, 9.17) is 20.8 Å². The smallest absolute Gasteiger partial charge is 0.291 e. The van der Waals surface area contributed by atoms with E-state index in [9.17, 15) is 9.59 Å². The maximum absolute atomic E-state index is 12.6. The molecule has 0 radical (unpaired) electrons. The molecule has 7 heteroatoms. The Balaban J connectivity index is 1.81. The number of methoxy groups -OCH3 is 1. The van der Waals surface area contributed by atoms with Crippen LogP contribution in [0.2, 0.25) is 5.02 Å². The van der Waals surface area contributed by atoms with Gasteiger partial charge in [-0.1, -0.05) is 23.7 Å². The lowest BCUT2D eigenvalue weighted by molar-refractivity contribution is 0.0773. The molecule has 0 aliphatic rings. The Bertz CT molecular complexity index is 1020. The highest BCUT2D eigenvalue weighted by molar-refractivity contribution is 6.34. The number of rotatable bonds is 6. The lowest BCUT2D eigenvalue weighted by Gasteiger charge is -2.19. The van der Waals surface area contributed by atoms with Gasteiger partial charge in [0.2, 0.25) is 0 Å². The van der Waals surface area contributed by atoms with Crippen molar-refractivity contribution in [1.82, 2.24) is 4.90 Å². The van der Waals surface area contributed by atoms with Crippen molar-refractivity contribution in [2.75, 3.05) is 25.5 Å². The summed E-state index contributed by atoms with van der Waals surface area (Å²) in [5.74, 6) is 0.146. The van der Waals surface area contributed by atoms with Gasteiger partial charge in [-0.15, -0.1) is 0 Å². The average Bonchev–Trinajstić information content (AvgIpc) is 3.13. The van der Waals surface area contributed by atoms with Gasteiger partial charge in [-0.2, -0.15) is 0 Å². The zero-order chi connectivity index (χ0) is 20.3. The van der Waals surface area contributed by atoms with Gasteiger partial charge in [0.05, 0.1) is 17.7 Å². The van der Waals surface area contributed by atoms with Gasteiger partial charge in [0, 0.05) is 24.2 Å². The van der Waals surface area contributed by atoms with Gasteiger partial charge in [-0.3, -0.25) is 9.59 Å². The molecule has 0 bridgehead atoms. The zero-order valence-corrected chi connectivity index (χ0v) is 16.7. The number of carbonyl (C=O) groups is 2. The predicted molar refractivity (Wildman–Crippen MR) is 109 cm³/mol. The first-order valence-corrected chi connectivity index (χ1v) is 9.33. The van der Waals surface area contributed by atoms with Crippen molar-refractivity contribution in [2.24, 2.45) is 0 Å². The molecule has 28 heavy (non-hydrogen) atoms. The van der Waals surface area contributed by atoms with Gasteiger partial charge in [-0.25, -0.2) is 0 Å². The topological polar surface area (TPSA) is 71.8 Å². The lowest BCUT2D eigenvalue weighted by atomic mass is 10.1. The van der Waals surface area contributed by atoms with Crippen molar-refractivity contribution < 1.29 is 18.7 Å². The summed E-state index contributed by atoms with van der Waals surface area (Å²) < 4.78 is 10.9. The Kier molecular flexibility index (Phi) is 5.90. The standard InChI is InChI=1S/C21H21ClN2O4/c1-4-24(5-2)21(26)15-10-9-14(12-16(15)22)23-20(25)18-11-13-7-6-8-17(27-3)19(13)28-18/h6-12H,4-5H2,1-3H3,(H,23,25). The number of fused-ring (bicyclic) bond motifs is 1. The van der Waals surface area contributed by atoms with Crippen LogP contribution in [0.4, 0.5) is 5.69 Å². The third-order valence-corrected chi connectivity index (χ3v) is 4.77. The number of nitrogens with one attached hydrogen (secondary N) is 1. The fourth-order valence-corrected chi connectivity index (χ4v) is 3.21. The number of nitrogens with zero attached hydrogens (tertiary/aromatic N) is 1. The van der Waals surface area contributed by atoms with E-state index in [2.05, 4.69) is 5.32 Å². The Morgan fingerprint density at radius 3 is 2.54 bits per heavy atom. The van der Waals surface area contributed by atoms with Gasteiger partial charge >= 0.3 is 0 Å². The highest BCUT2D eigenvalue weighted by atomic mass is 35.5. The van der Waals surface area contributed by atoms with Crippen LogP contribution in [0, 0.1) is 0 Å². The number of para-hydroxylation sites is 1. The largest absolute Gasteiger partial charge is 0.493 e. The Morgan fingerprint density at radius 2 is 1.89 bits per heavy atom. The number of carbonyl (C=O) groups excluding carboxylic acids is 2. The molecule has 146 valence electrons. The fourth-order valence-electron chi connectivity index (χ4n) is 2.95. The minimum Gasteiger partial charge on any atom is -0.493 e. The second-order valence-electron chi connectivity index (χ2n) is 6.12. The van der Waals surface area contributed by atoms with Crippen LogP contribution >= 0.6 is 11.6 Å². The van der Waals surface area contributed by atoms with Crippen LogP contribution in [0.25, 0.3) is 11.0 Å². The molecule has 2 aromatic carbocycles. The normalized spacial score (nSPS) is 10.7. The zero-order valence-electron chi connectivity index (χ0n) is 15.9. The summed E-state index contributed by atoms with van der Waals surface area (Å²) in [6.45, 7) is 5.01. The molecule has 0 aliphatic carbocycles. The summed E-state index contributed by atoms with van der Waals surface area (Å²) in [5, 5.41) is 3.78. The molecule has 0 unspecified atom stereocenters. The van der Waals surface area contributed by atoms with Crippen molar-refractivity contribution in [3.8, 4) is 5.75 Å². The number of furan rings is 1. The Labute approximate surface area is 168 Å². The lowest BCUT2D eigenvalue weighted by Crippen LogP contribution is -2.30. The van der Waals surface area contributed by atoms with Crippen LogP contribution in [0.3, 0.4) is 0 Å². The summed E-state index contributed by atoms with van der Waals surface area (Å²) >= 11 is 6.28. The van der Waals surface area contributed by atoms with Crippen LogP contribution in [0.15, 0.2) is 46.9 Å². The predicted octanol–water partition coefficient (Wildman–Crippen LogP) is 4.83. The molecular formula is C21H21ClN2O4. The van der Waals surface area contributed by atoms with Crippen LogP contribution < -0.4 is 10.1 Å². The summed E-state index contributed by atoms with van der Waals surface area (Å²) in [6, 6.07) is 11.9. The minimum atomic E-state index is -0.419. The first kappa shape index (κ1) is 19.8. The molecule has 6 nitrogen and oxygen atoms in total. The first-order valence-electron chi connectivity index (χ1n) is 8.95. The van der Waals surface area contributed by atoms with Gasteiger partial charge in [-0.05, 0) is 44.2 Å². The molecule has 1 N–H and O–H groups in total. The van der Waals surface area contributed by atoms with Crippen molar-refractivity contribution in [3.05, 3.63) is 58.8 Å². The molecule has 3 aromatic rings. The van der Waals surface area contributed by atoms with Gasteiger partial charge in [0.15, 0.2) is 17.1 Å². The molecular weight excluding hydrogens is 380 g/mol. The maximum Gasteiger partial charge on any atom is 0.291 e. The van der Waals surface area contributed by atoms with Crippen LogP contribution in [0.1, 0.15) is 34.8 Å². The Hall–Kier alpha value is -2.99. The highest BCUT2D eigenvalue weighted by Crippen LogP contribution is 2.29. The second-order valence-corrected chi connectivity index (χ2v) is 6.52. The van der Waals surface area contributed by atoms with E-state index in [0.29, 0.717) is 35.7 Å². The molecule has 0 spiro atoms. The molecule has 1 heterocycles. The maximum atomic E-state index is 12.6. The molecule has 0 saturated carbocycles. The van der Waals surface area contributed by atoms with E-state index in [-0.39, 0.29) is 16.7 Å². The van der Waals surface area contributed by atoms with Gasteiger partial charge < -0.3 is 19.4 Å². The number of hydrogen-bond donors (Lipinski definition) is 1. The van der Waals surface area contributed by atoms with Crippen LogP contribution in [-0.2, 0) is 0 Å².